The minimum Gasteiger partial charge on any atom is -0.508 e. The molecule has 2 rings (SSSR count). The Morgan fingerprint density at radius 1 is 0.947 bits per heavy atom. The van der Waals surface area contributed by atoms with Gasteiger partial charge in [0.05, 0.1) is 12.7 Å². The monoisotopic (exact) mass is 542 g/mol. The molecule has 3 unspecified atom stereocenters. The normalized spacial score (nSPS) is 32.1. The molecule has 0 aromatic heterocycles. The van der Waals surface area contributed by atoms with Gasteiger partial charge >= 0.3 is 5.97 Å². The van der Waals surface area contributed by atoms with Crippen LogP contribution in [0.2, 0.25) is 0 Å². The van der Waals surface area contributed by atoms with Crippen molar-refractivity contribution >= 4 is 5.97 Å². The highest BCUT2D eigenvalue weighted by atomic mass is 16.6. The molecule has 8 atom stereocenters. The standard InChI is InChI=1S/C29H50O9/c1-3-4-5-6-7-8-9-10-11-12-13-14-15-20(2)37-28(35)22-18-21(31)16-17-29(22,36)27-26(34)25(33)24(32)23(19-30)38-27/h16-18,20,22-27,30-34,36H,3-15,19H2,1-2H3/t20?,22?,23-,24-,25+,26-,27-,29?/m1/s1. The second kappa shape index (κ2) is 16.6. The molecule has 9 nitrogen and oxygen atoms in total. The lowest BCUT2D eigenvalue weighted by atomic mass is 9.74. The predicted molar refractivity (Wildman–Crippen MR) is 143 cm³/mol. The molecule has 0 radical (unpaired) electrons. The third-order valence-corrected chi connectivity index (χ3v) is 7.74. The van der Waals surface area contributed by atoms with Crippen molar-refractivity contribution in [1.29, 1.82) is 0 Å². The largest absolute Gasteiger partial charge is 0.508 e. The van der Waals surface area contributed by atoms with Gasteiger partial charge in [0.25, 0.3) is 0 Å². The molecular weight excluding hydrogens is 492 g/mol. The smallest absolute Gasteiger partial charge is 0.316 e. The number of ether oxygens (including phenoxy) is 2. The molecule has 0 aromatic carbocycles. The fraction of sp³-hybridized carbons (Fsp3) is 0.828. The number of carbonyl (C=O) groups is 1. The van der Waals surface area contributed by atoms with Gasteiger partial charge in [-0.2, -0.15) is 0 Å². The van der Waals surface area contributed by atoms with Crippen molar-refractivity contribution in [3.63, 3.8) is 0 Å². The van der Waals surface area contributed by atoms with Crippen LogP contribution in [0.5, 0.6) is 0 Å². The van der Waals surface area contributed by atoms with Crippen LogP contribution in [0.25, 0.3) is 0 Å². The van der Waals surface area contributed by atoms with Gasteiger partial charge in [0.1, 0.15) is 47.8 Å². The lowest BCUT2D eigenvalue weighted by molar-refractivity contribution is -0.267. The summed E-state index contributed by atoms with van der Waals surface area (Å²) in [6.45, 7) is 3.33. The molecule has 0 spiro atoms. The Morgan fingerprint density at radius 3 is 2.05 bits per heavy atom. The van der Waals surface area contributed by atoms with E-state index >= 15 is 0 Å². The first-order valence-corrected chi connectivity index (χ1v) is 14.5. The Balaban J connectivity index is 1.79. The Bertz CT molecular complexity index is 752. The quantitative estimate of drug-likeness (QED) is 0.120. The molecule has 1 heterocycles. The minimum absolute atomic E-state index is 0.269. The molecule has 0 aromatic rings. The molecule has 0 saturated carbocycles. The number of carbonyl (C=O) groups excluding carboxylic acids is 1. The first-order valence-electron chi connectivity index (χ1n) is 14.5. The van der Waals surface area contributed by atoms with Gasteiger partial charge in [0.15, 0.2) is 0 Å². The van der Waals surface area contributed by atoms with Gasteiger partial charge in [0.2, 0.25) is 0 Å². The molecule has 1 saturated heterocycles. The minimum atomic E-state index is -2.19. The van der Waals surface area contributed by atoms with Crippen LogP contribution in [-0.4, -0.2) is 85.4 Å². The zero-order valence-electron chi connectivity index (χ0n) is 23.1. The highest BCUT2D eigenvalue weighted by Gasteiger charge is 2.56. The van der Waals surface area contributed by atoms with Crippen molar-refractivity contribution in [3.05, 3.63) is 24.0 Å². The van der Waals surface area contributed by atoms with Crippen LogP contribution in [0.3, 0.4) is 0 Å². The van der Waals surface area contributed by atoms with E-state index in [0.29, 0.717) is 6.42 Å². The van der Waals surface area contributed by atoms with E-state index in [9.17, 15) is 35.4 Å². The highest BCUT2D eigenvalue weighted by molar-refractivity contribution is 5.77. The third-order valence-electron chi connectivity index (χ3n) is 7.74. The fourth-order valence-electron chi connectivity index (χ4n) is 5.30. The maximum absolute atomic E-state index is 13.1. The lowest BCUT2D eigenvalue weighted by Crippen LogP contribution is -2.67. The van der Waals surface area contributed by atoms with Crippen molar-refractivity contribution in [3.8, 4) is 0 Å². The van der Waals surface area contributed by atoms with E-state index in [-0.39, 0.29) is 5.76 Å². The summed E-state index contributed by atoms with van der Waals surface area (Å²) in [6, 6.07) is 0. The Morgan fingerprint density at radius 2 is 1.50 bits per heavy atom. The van der Waals surface area contributed by atoms with E-state index in [2.05, 4.69) is 6.92 Å². The fourth-order valence-corrected chi connectivity index (χ4v) is 5.30. The van der Waals surface area contributed by atoms with Crippen molar-refractivity contribution in [2.24, 2.45) is 5.92 Å². The number of aliphatic hydroxyl groups is 6. The van der Waals surface area contributed by atoms with Crippen molar-refractivity contribution in [2.45, 2.75) is 140 Å². The van der Waals surface area contributed by atoms with E-state index in [1.165, 1.54) is 57.8 Å². The van der Waals surface area contributed by atoms with E-state index < -0.39 is 60.7 Å². The second-order valence-electron chi connectivity index (χ2n) is 11.0. The van der Waals surface area contributed by atoms with E-state index in [1.54, 1.807) is 6.92 Å². The third kappa shape index (κ3) is 9.31. The SMILES string of the molecule is CCCCCCCCCCCCCCC(C)OC(=O)C1C=C(O)C=CC1(O)[C@@H]1O[C@H](CO)[C@@H](O)[C@H](O)[C@H]1O. The zero-order valence-corrected chi connectivity index (χ0v) is 23.1. The Hall–Kier alpha value is -1.49. The molecule has 0 amide bonds. The summed E-state index contributed by atoms with van der Waals surface area (Å²) < 4.78 is 11.1. The summed E-state index contributed by atoms with van der Waals surface area (Å²) in [7, 11) is 0. The van der Waals surface area contributed by atoms with Crippen molar-refractivity contribution in [1.82, 2.24) is 0 Å². The van der Waals surface area contributed by atoms with Crippen LogP contribution in [0.1, 0.15) is 97.3 Å². The van der Waals surface area contributed by atoms with Crippen LogP contribution in [0.15, 0.2) is 24.0 Å². The van der Waals surface area contributed by atoms with Gasteiger partial charge in [-0.1, -0.05) is 77.6 Å². The van der Waals surface area contributed by atoms with Gasteiger partial charge in [-0.25, -0.2) is 0 Å². The molecule has 1 aliphatic heterocycles. The number of aliphatic hydroxyl groups excluding tert-OH is 5. The van der Waals surface area contributed by atoms with E-state index in [4.69, 9.17) is 9.47 Å². The molecule has 1 aliphatic carbocycles. The molecular formula is C29H50O9. The van der Waals surface area contributed by atoms with Gasteiger partial charge in [-0.3, -0.25) is 4.79 Å². The molecule has 6 N–H and O–H groups in total. The number of rotatable bonds is 17. The van der Waals surface area contributed by atoms with Crippen LogP contribution in [0.4, 0.5) is 0 Å². The van der Waals surface area contributed by atoms with Crippen molar-refractivity contribution in [2.75, 3.05) is 6.61 Å². The van der Waals surface area contributed by atoms with Gasteiger partial charge in [-0.15, -0.1) is 0 Å². The number of hydrogen-bond acceptors (Lipinski definition) is 9. The highest BCUT2D eigenvalue weighted by Crippen LogP contribution is 2.38. The van der Waals surface area contributed by atoms with Crippen LogP contribution in [0, 0.1) is 5.92 Å². The maximum atomic E-state index is 13.1. The number of allylic oxidation sites excluding steroid dienone is 1. The van der Waals surface area contributed by atoms with Gasteiger partial charge < -0.3 is 40.1 Å². The van der Waals surface area contributed by atoms with Gasteiger partial charge in [0, 0.05) is 0 Å². The summed E-state index contributed by atoms with van der Waals surface area (Å²) >= 11 is 0. The molecule has 9 heteroatoms. The predicted octanol–water partition coefficient (Wildman–Crippen LogP) is 3.21. The van der Waals surface area contributed by atoms with Crippen LogP contribution in [-0.2, 0) is 14.3 Å². The number of unbranched alkanes of at least 4 members (excludes halogenated alkanes) is 11. The summed E-state index contributed by atoms with van der Waals surface area (Å²) in [5, 5.41) is 61.7. The molecule has 220 valence electrons. The lowest BCUT2D eigenvalue weighted by Gasteiger charge is -2.48. The molecule has 0 bridgehead atoms. The van der Waals surface area contributed by atoms with Crippen LogP contribution < -0.4 is 0 Å². The average molecular weight is 543 g/mol. The summed E-state index contributed by atoms with van der Waals surface area (Å²) in [6.07, 6.45) is 10.5. The number of esters is 1. The molecule has 38 heavy (non-hydrogen) atoms. The topological polar surface area (TPSA) is 157 Å². The summed E-state index contributed by atoms with van der Waals surface area (Å²) in [4.78, 5) is 13.1. The molecule has 1 fully saturated rings. The zero-order chi connectivity index (χ0) is 28.1. The average Bonchev–Trinajstić information content (AvgIpc) is 2.89. The Kier molecular flexibility index (Phi) is 14.3. The molecule has 2 aliphatic rings. The first kappa shape index (κ1) is 32.7. The first-order chi connectivity index (χ1) is 18.2. The number of hydrogen-bond donors (Lipinski definition) is 6. The second-order valence-corrected chi connectivity index (χ2v) is 11.0. The summed E-state index contributed by atoms with van der Waals surface area (Å²) in [5.74, 6) is -2.51. The van der Waals surface area contributed by atoms with Gasteiger partial charge in [-0.05, 0) is 38.0 Å². The van der Waals surface area contributed by atoms with Crippen LogP contribution >= 0.6 is 0 Å². The maximum Gasteiger partial charge on any atom is 0.316 e. The van der Waals surface area contributed by atoms with E-state index in [0.717, 1.165) is 37.5 Å². The summed E-state index contributed by atoms with van der Waals surface area (Å²) in [5.41, 5.74) is -2.19. The van der Waals surface area contributed by atoms with Crippen molar-refractivity contribution < 1.29 is 44.9 Å². The van der Waals surface area contributed by atoms with E-state index in [1.807, 2.05) is 0 Å². The Labute approximate surface area is 227 Å².